The molecule has 1 fully saturated rings. The highest BCUT2D eigenvalue weighted by Crippen LogP contribution is 2.41. The number of nitrogens with zero attached hydrogens (tertiary/aromatic N) is 7. The molecule has 1 saturated heterocycles. The number of aryl methyl sites for hydroxylation is 1. The van der Waals surface area contributed by atoms with Crippen molar-refractivity contribution in [3.63, 3.8) is 0 Å². The third-order valence-corrected chi connectivity index (χ3v) is 9.21. The molecule has 2 aliphatic heterocycles. The molecule has 5 heterocycles. The lowest BCUT2D eigenvalue weighted by molar-refractivity contribution is -0.150. The standard InChI is InChI=1S/C22H20ClN9O6S3/c1-9-3-13(32-21(26-9)24-8-25-32)39-5-10-6-40-19-15(18(35)31(19)16(10)20(36)37)29-17(34)14(30-38-2)11-7-41-22(27-11)28-12(33)4-23/h3,7-8,15,19H,4-6H2,1-2H3,(H,29,34)(H,36,37)(H,27,28,33)/b30-14-/t15-,19-/m1/s1. The monoisotopic (exact) mass is 637 g/mol. The van der Waals surface area contributed by atoms with Crippen LogP contribution in [0.25, 0.3) is 5.78 Å². The molecule has 0 unspecified atom stereocenters. The Kier molecular flexibility index (Phi) is 8.43. The number of thiazole rings is 1. The minimum absolute atomic E-state index is 0.109. The van der Waals surface area contributed by atoms with Gasteiger partial charge in [-0.3, -0.25) is 19.3 Å². The molecule has 3 aromatic heterocycles. The number of hydrogen-bond donors (Lipinski definition) is 3. The first-order valence-electron chi connectivity index (χ1n) is 11.7. The molecule has 3 amide bonds. The number of nitrogens with one attached hydrogen (secondary N) is 2. The van der Waals surface area contributed by atoms with E-state index in [2.05, 4.69) is 35.8 Å². The van der Waals surface area contributed by atoms with Crippen LogP contribution in [0.15, 0.2) is 39.2 Å². The van der Waals surface area contributed by atoms with E-state index in [1.165, 1.54) is 47.2 Å². The highest BCUT2D eigenvalue weighted by atomic mass is 35.5. The van der Waals surface area contributed by atoms with Crippen molar-refractivity contribution in [1.29, 1.82) is 0 Å². The number of halogens is 1. The first-order valence-corrected chi connectivity index (χ1v) is 15.1. The zero-order chi connectivity index (χ0) is 29.3. The minimum atomic E-state index is -1.24. The van der Waals surface area contributed by atoms with E-state index in [0.717, 1.165) is 22.1 Å². The van der Waals surface area contributed by atoms with Crippen LogP contribution in [0.1, 0.15) is 11.4 Å². The Labute approximate surface area is 248 Å². The topological polar surface area (TPSA) is 193 Å². The Balaban J connectivity index is 1.30. The van der Waals surface area contributed by atoms with Crippen LogP contribution in [0, 0.1) is 6.92 Å². The minimum Gasteiger partial charge on any atom is -0.477 e. The molecule has 19 heteroatoms. The Morgan fingerprint density at radius 3 is 2.88 bits per heavy atom. The lowest BCUT2D eigenvalue weighted by Crippen LogP contribution is -2.71. The summed E-state index contributed by atoms with van der Waals surface area (Å²) in [6.45, 7) is 1.82. The van der Waals surface area contributed by atoms with E-state index in [1.54, 1.807) is 4.52 Å². The summed E-state index contributed by atoms with van der Waals surface area (Å²) in [5, 5.41) is 24.8. The number of β-lactam (4-membered cyclic amide) rings is 1. The van der Waals surface area contributed by atoms with E-state index in [-0.39, 0.29) is 33.9 Å². The molecule has 0 radical (unpaired) electrons. The number of aliphatic carboxylic acids is 1. The number of oxime groups is 1. The van der Waals surface area contributed by atoms with Gasteiger partial charge >= 0.3 is 5.97 Å². The van der Waals surface area contributed by atoms with E-state index in [1.807, 2.05) is 13.0 Å². The Morgan fingerprint density at radius 1 is 1.34 bits per heavy atom. The maximum absolute atomic E-state index is 13.1. The first-order chi connectivity index (χ1) is 19.7. The number of thioether (sulfide) groups is 2. The quantitative estimate of drug-likeness (QED) is 0.0712. The van der Waals surface area contributed by atoms with Gasteiger partial charge in [0.05, 0.1) is 0 Å². The van der Waals surface area contributed by atoms with Crippen LogP contribution < -0.4 is 10.6 Å². The SMILES string of the molecule is CO/N=C(\C(=O)N[C@@H]1C(=O)N2C(C(=O)O)=C(CSc3cc(C)nc4ncnn34)CS[C@H]12)c1csc(NC(=O)CCl)n1. The summed E-state index contributed by atoms with van der Waals surface area (Å²) in [6.07, 6.45) is 1.39. The van der Waals surface area contributed by atoms with E-state index < -0.39 is 35.1 Å². The number of alkyl halides is 1. The van der Waals surface area contributed by atoms with Crippen LogP contribution in [0.5, 0.6) is 0 Å². The molecule has 214 valence electrons. The number of carbonyl (C=O) groups excluding carboxylic acids is 3. The predicted molar refractivity (Wildman–Crippen MR) is 151 cm³/mol. The average molecular weight is 638 g/mol. The average Bonchev–Trinajstić information content (AvgIpc) is 3.62. The van der Waals surface area contributed by atoms with Crippen molar-refractivity contribution in [3.05, 3.63) is 40.4 Å². The van der Waals surface area contributed by atoms with Crippen molar-refractivity contribution < 1.29 is 29.1 Å². The molecular weight excluding hydrogens is 618 g/mol. The highest BCUT2D eigenvalue weighted by molar-refractivity contribution is 8.01. The normalized spacial score (nSPS) is 18.7. The molecule has 0 aromatic carbocycles. The van der Waals surface area contributed by atoms with Crippen LogP contribution >= 0.6 is 46.5 Å². The molecule has 3 aromatic rings. The second-order valence-electron chi connectivity index (χ2n) is 8.46. The summed E-state index contributed by atoms with van der Waals surface area (Å²) >= 11 is 9.24. The fourth-order valence-electron chi connectivity index (χ4n) is 4.05. The Bertz CT molecular complexity index is 1620. The van der Waals surface area contributed by atoms with Gasteiger partial charge in [0.2, 0.25) is 5.91 Å². The third kappa shape index (κ3) is 5.72. The number of fused-ring (bicyclic) bond motifs is 2. The summed E-state index contributed by atoms with van der Waals surface area (Å²) in [7, 11) is 1.24. The zero-order valence-electron chi connectivity index (χ0n) is 21.2. The van der Waals surface area contributed by atoms with Crippen LogP contribution in [0.2, 0.25) is 0 Å². The van der Waals surface area contributed by atoms with Gasteiger partial charge in [-0.05, 0) is 18.6 Å². The van der Waals surface area contributed by atoms with Gasteiger partial charge in [0, 0.05) is 22.6 Å². The Hall–Kier alpha value is -3.74. The number of aromatic nitrogens is 5. The highest BCUT2D eigenvalue weighted by Gasteiger charge is 2.54. The zero-order valence-corrected chi connectivity index (χ0v) is 24.4. The van der Waals surface area contributed by atoms with Crippen LogP contribution in [0.4, 0.5) is 5.13 Å². The second-order valence-corrected chi connectivity index (χ2v) is 11.7. The van der Waals surface area contributed by atoms with Crippen molar-refractivity contribution in [1.82, 2.24) is 34.8 Å². The van der Waals surface area contributed by atoms with Gasteiger partial charge in [0.1, 0.15) is 47.1 Å². The number of hydrogen-bond acceptors (Lipinski definition) is 13. The molecule has 41 heavy (non-hydrogen) atoms. The van der Waals surface area contributed by atoms with E-state index in [4.69, 9.17) is 16.4 Å². The predicted octanol–water partition coefficient (Wildman–Crippen LogP) is 0.948. The summed E-state index contributed by atoms with van der Waals surface area (Å²) in [5.41, 5.74) is 1.07. The van der Waals surface area contributed by atoms with E-state index in [0.29, 0.717) is 17.1 Å². The molecular formula is C22H20ClN9O6S3. The van der Waals surface area contributed by atoms with Crippen LogP contribution in [-0.4, -0.2) is 99.9 Å². The van der Waals surface area contributed by atoms with Gasteiger partial charge in [-0.25, -0.2) is 14.8 Å². The lowest BCUT2D eigenvalue weighted by atomic mass is 10.0. The van der Waals surface area contributed by atoms with Crippen molar-refractivity contribution in [2.24, 2.45) is 5.16 Å². The van der Waals surface area contributed by atoms with Crippen molar-refractivity contribution in [2.75, 3.05) is 29.8 Å². The van der Waals surface area contributed by atoms with Gasteiger partial charge in [-0.1, -0.05) is 5.16 Å². The number of carbonyl (C=O) groups is 4. The number of carboxylic acid groups (broad SMARTS) is 1. The fraction of sp³-hybridized carbons (Fsp3) is 0.318. The third-order valence-electron chi connectivity index (χ3n) is 5.79. The summed E-state index contributed by atoms with van der Waals surface area (Å²) in [6, 6.07) is 0.827. The molecule has 0 saturated carbocycles. The molecule has 3 N–H and O–H groups in total. The lowest BCUT2D eigenvalue weighted by Gasteiger charge is -2.49. The van der Waals surface area contributed by atoms with Crippen LogP contribution in [0.3, 0.4) is 0 Å². The van der Waals surface area contributed by atoms with Crippen LogP contribution in [-0.2, 0) is 24.0 Å². The molecule has 0 spiro atoms. The number of rotatable bonds is 10. The summed E-state index contributed by atoms with van der Waals surface area (Å²) in [4.78, 5) is 68.6. The summed E-state index contributed by atoms with van der Waals surface area (Å²) < 4.78 is 1.56. The van der Waals surface area contributed by atoms with E-state index in [9.17, 15) is 24.3 Å². The van der Waals surface area contributed by atoms with Crippen molar-refractivity contribution in [3.8, 4) is 0 Å². The van der Waals surface area contributed by atoms with Gasteiger partial charge < -0.3 is 20.6 Å². The van der Waals surface area contributed by atoms with Gasteiger partial charge in [0.15, 0.2) is 10.8 Å². The van der Waals surface area contributed by atoms with Crippen molar-refractivity contribution >= 4 is 86.8 Å². The second kappa shape index (κ2) is 12.0. The maximum Gasteiger partial charge on any atom is 0.352 e. The summed E-state index contributed by atoms with van der Waals surface area (Å²) in [5.74, 6) is -2.25. The molecule has 2 atom stereocenters. The van der Waals surface area contributed by atoms with Crippen molar-refractivity contribution in [2.45, 2.75) is 23.4 Å². The number of carboxylic acids is 1. The van der Waals surface area contributed by atoms with Gasteiger partial charge in [-0.2, -0.15) is 14.6 Å². The molecule has 2 aliphatic rings. The largest absolute Gasteiger partial charge is 0.477 e. The van der Waals surface area contributed by atoms with E-state index >= 15 is 0 Å². The fourth-order valence-corrected chi connectivity index (χ4v) is 7.37. The first kappa shape index (κ1) is 28.8. The number of amides is 3. The van der Waals surface area contributed by atoms with Gasteiger partial charge in [-0.15, -0.1) is 46.5 Å². The molecule has 5 rings (SSSR count). The maximum atomic E-state index is 13.1. The Morgan fingerprint density at radius 2 is 2.15 bits per heavy atom. The molecule has 0 aliphatic carbocycles. The molecule has 15 nitrogen and oxygen atoms in total. The molecule has 0 bridgehead atoms. The smallest absolute Gasteiger partial charge is 0.352 e. The number of anilines is 1. The van der Waals surface area contributed by atoms with Gasteiger partial charge in [0.25, 0.3) is 17.6 Å².